The van der Waals surface area contributed by atoms with Crippen LogP contribution in [0.25, 0.3) is 5.57 Å². The molecule has 2 aromatic carbocycles. The molecule has 3 N–H and O–H groups in total. The Morgan fingerprint density at radius 1 is 1.30 bits per heavy atom. The number of fused-ring (bicyclic) bond motifs is 1. The smallest absolute Gasteiger partial charge is 0.258 e. The minimum atomic E-state index is -0.166. The fourth-order valence-corrected chi connectivity index (χ4v) is 4.54. The van der Waals surface area contributed by atoms with E-state index in [1.54, 1.807) is 0 Å². The fraction of sp³-hybridized carbons (Fsp3) is 0.345. The highest BCUT2D eigenvalue weighted by molar-refractivity contribution is 5.83. The summed E-state index contributed by atoms with van der Waals surface area (Å²) in [5.41, 5.74) is 13.0. The maximum atomic E-state index is 12.4. The van der Waals surface area contributed by atoms with Crippen LogP contribution in [0.2, 0.25) is 0 Å². The van der Waals surface area contributed by atoms with E-state index in [9.17, 15) is 4.79 Å². The van der Waals surface area contributed by atoms with Crippen LogP contribution in [0.1, 0.15) is 35.1 Å². The highest BCUT2D eigenvalue weighted by Crippen LogP contribution is 2.28. The van der Waals surface area contributed by atoms with Gasteiger partial charge >= 0.3 is 0 Å². The lowest BCUT2D eigenvalue weighted by Crippen LogP contribution is -2.35. The molecule has 0 radical (unpaired) electrons. The molecule has 1 amide bonds. The van der Waals surface area contributed by atoms with E-state index < -0.39 is 0 Å². The maximum Gasteiger partial charge on any atom is 0.258 e. The summed E-state index contributed by atoms with van der Waals surface area (Å²) in [6.45, 7) is 4.00. The van der Waals surface area contributed by atoms with Gasteiger partial charge in [0.15, 0.2) is 12.4 Å². The van der Waals surface area contributed by atoms with Crippen LogP contribution in [0.3, 0.4) is 0 Å². The zero-order valence-corrected chi connectivity index (χ0v) is 21.3. The Hall–Kier alpha value is -3.84. The van der Waals surface area contributed by atoms with Crippen LogP contribution in [0, 0.1) is 6.92 Å². The number of hydrogen-bond donors (Lipinski definition) is 3. The second-order valence-corrected chi connectivity index (χ2v) is 9.56. The Kier molecular flexibility index (Phi) is 7.70. The molecule has 0 spiro atoms. The van der Waals surface area contributed by atoms with E-state index in [2.05, 4.69) is 58.0 Å². The summed E-state index contributed by atoms with van der Waals surface area (Å²) >= 11 is 0. The molecule has 2 aromatic rings. The Morgan fingerprint density at radius 3 is 3.03 bits per heavy atom. The van der Waals surface area contributed by atoms with E-state index in [-0.39, 0.29) is 18.6 Å². The summed E-state index contributed by atoms with van der Waals surface area (Å²) in [6, 6.07) is 12.3. The number of anilines is 1. The van der Waals surface area contributed by atoms with Crippen molar-refractivity contribution in [2.75, 3.05) is 38.7 Å². The molecule has 0 aliphatic carbocycles. The largest absolute Gasteiger partial charge is 0.484 e. The maximum absolute atomic E-state index is 12.4. The SMILES string of the molecule is Cc1ccc2c(c1)C=NC(Nc1cc(OCC(=O)NC[C@H]3CCCO3)cc(C3=CN(C)NC3)c1)=C=CC2. The van der Waals surface area contributed by atoms with E-state index in [0.29, 0.717) is 24.7 Å². The second-order valence-electron chi connectivity index (χ2n) is 9.56. The molecule has 8 nitrogen and oxygen atoms in total. The van der Waals surface area contributed by atoms with Crippen LogP contribution in [0.15, 0.2) is 65.2 Å². The summed E-state index contributed by atoms with van der Waals surface area (Å²) in [4.78, 5) is 17.0. The van der Waals surface area contributed by atoms with Crippen molar-refractivity contribution in [3.8, 4) is 5.75 Å². The first kappa shape index (κ1) is 24.8. The number of hydrazine groups is 1. The number of benzene rings is 2. The summed E-state index contributed by atoms with van der Waals surface area (Å²) < 4.78 is 11.5. The van der Waals surface area contributed by atoms with Gasteiger partial charge in [0.2, 0.25) is 0 Å². The number of aliphatic imine (C=N–C) groups is 1. The average molecular weight is 500 g/mol. The summed E-state index contributed by atoms with van der Waals surface area (Å²) in [5, 5.41) is 8.21. The van der Waals surface area contributed by atoms with E-state index in [4.69, 9.17) is 9.47 Å². The van der Waals surface area contributed by atoms with Gasteiger partial charge in [-0.1, -0.05) is 29.5 Å². The zero-order valence-electron chi connectivity index (χ0n) is 21.3. The third-order valence-electron chi connectivity index (χ3n) is 6.52. The number of aryl methyl sites for hydroxylation is 1. The van der Waals surface area contributed by atoms with Crippen molar-refractivity contribution in [2.45, 2.75) is 32.3 Å². The fourth-order valence-electron chi connectivity index (χ4n) is 4.54. The molecule has 192 valence electrons. The lowest BCUT2D eigenvalue weighted by molar-refractivity contribution is -0.123. The molecule has 0 bridgehead atoms. The van der Waals surface area contributed by atoms with Crippen molar-refractivity contribution in [2.24, 2.45) is 4.99 Å². The lowest BCUT2D eigenvalue weighted by Gasteiger charge is -2.14. The lowest BCUT2D eigenvalue weighted by atomic mass is 10.0. The van der Waals surface area contributed by atoms with Gasteiger partial charge in [0.1, 0.15) is 5.75 Å². The number of nitrogens with one attached hydrogen (secondary N) is 3. The number of carbonyl (C=O) groups is 1. The van der Waals surface area contributed by atoms with Gasteiger partial charge in [-0.2, -0.15) is 0 Å². The van der Waals surface area contributed by atoms with Gasteiger partial charge in [0.05, 0.1) is 6.10 Å². The summed E-state index contributed by atoms with van der Waals surface area (Å²) in [7, 11) is 1.96. The second kappa shape index (κ2) is 11.5. The monoisotopic (exact) mass is 499 g/mol. The molecule has 3 aliphatic heterocycles. The molecule has 1 atom stereocenters. The predicted molar refractivity (Wildman–Crippen MR) is 145 cm³/mol. The van der Waals surface area contributed by atoms with Gasteiger partial charge in [-0.3, -0.25) is 4.79 Å². The van der Waals surface area contributed by atoms with Crippen LogP contribution in [0.5, 0.6) is 5.75 Å². The van der Waals surface area contributed by atoms with Crippen molar-refractivity contribution >= 4 is 23.4 Å². The Labute approximate surface area is 217 Å². The van der Waals surface area contributed by atoms with Crippen molar-refractivity contribution < 1.29 is 14.3 Å². The highest BCUT2D eigenvalue weighted by Gasteiger charge is 2.17. The minimum Gasteiger partial charge on any atom is -0.484 e. The van der Waals surface area contributed by atoms with E-state index >= 15 is 0 Å². The van der Waals surface area contributed by atoms with Crippen molar-refractivity contribution in [1.29, 1.82) is 0 Å². The van der Waals surface area contributed by atoms with Gasteiger partial charge in [0, 0.05) is 50.9 Å². The van der Waals surface area contributed by atoms with E-state index in [1.807, 2.05) is 42.7 Å². The van der Waals surface area contributed by atoms with Gasteiger partial charge < -0.3 is 25.1 Å². The molecule has 8 heteroatoms. The Bertz CT molecular complexity index is 1290. The molecule has 5 rings (SSSR count). The van der Waals surface area contributed by atoms with Crippen LogP contribution in [-0.4, -0.2) is 56.6 Å². The van der Waals surface area contributed by atoms with E-state index in [1.165, 1.54) is 11.1 Å². The molecular formula is C29H33N5O3. The molecule has 0 aromatic heterocycles. The average Bonchev–Trinajstić information content (AvgIpc) is 3.56. The summed E-state index contributed by atoms with van der Waals surface area (Å²) in [6.07, 6.45) is 8.82. The molecule has 0 unspecified atom stereocenters. The van der Waals surface area contributed by atoms with Crippen molar-refractivity contribution in [3.63, 3.8) is 0 Å². The quantitative estimate of drug-likeness (QED) is 0.482. The first-order chi connectivity index (χ1) is 18.0. The zero-order chi connectivity index (χ0) is 25.6. The topological polar surface area (TPSA) is 87.2 Å². The Morgan fingerprint density at radius 2 is 2.22 bits per heavy atom. The van der Waals surface area contributed by atoms with Gasteiger partial charge in [-0.25, -0.2) is 10.4 Å². The van der Waals surface area contributed by atoms with Crippen molar-refractivity contribution in [1.82, 2.24) is 15.8 Å². The van der Waals surface area contributed by atoms with Gasteiger partial charge in [-0.15, -0.1) is 0 Å². The first-order valence-electron chi connectivity index (χ1n) is 12.7. The molecule has 3 heterocycles. The number of rotatable bonds is 8. The standard InChI is InChI=1S/C29H33N5O3/c1-20-8-9-21-5-3-7-28(30-15-23(21)11-20)33-25-12-22(24-16-32-34(2)18-24)13-27(14-25)37-19-29(35)31-17-26-6-4-10-36-26/h3,8-9,11-15,18,26,32-33H,4-6,10,16-17,19H2,1-2H3,(H,31,35)/t7?,26-/m1/s1. The minimum absolute atomic E-state index is 0.0658. The summed E-state index contributed by atoms with van der Waals surface area (Å²) in [5.74, 6) is 1.05. The van der Waals surface area contributed by atoms with Gasteiger partial charge in [-0.05, 0) is 66.7 Å². The van der Waals surface area contributed by atoms with Crippen LogP contribution in [-0.2, 0) is 16.0 Å². The van der Waals surface area contributed by atoms with Gasteiger partial charge in [0.25, 0.3) is 5.91 Å². The molecule has 1 fully saturated rings. The molecule has 37 heavy (non-hydrogen) atoms. The number of ether oxygens (including phenoxy) is 2. The van der Waals surface area contributed by atoms with Crippen LogP contribution >= 0.6 is 0 Å². The molecule has 3 aliphatic rings. The van der Waals surface area contributed by atoms with Crippen LogP contribution in [0.4, 0.5) is 5.69 Å². The number of amides is 1. The first-order valence-corrected chi connectivity index (χ1v) is 12.7. The highest BCUT2D eigenvalue weighted by atomic mass is 16.5. The molecule has 1 saturated heterocycles. The number of carbonyl (C=O) groups excluding carboxylic acids is 1. The van der Waals surface area contributed by atoms with Crippen molar-refractivity contribution in [3.05, 3.63) is 82.5 Å². The molecular weight excluding hydrogens is 466 g/mol. The Balaban J connectivity index is 1.32. The number of hydrogen-bond acceptors (Lipinski definition) is 7. The third-order valence-corrected chi connectivity index (χ3v) is 6.52. The number of nitrogens with zero attached hydrogens (tertiary/aromatic N) is 2. The van der Waals surface area contributed by atoms with E-state index in [0.717, 1.165) is 48.3 Å². The number of allylic oxidation sites excluding steroid dienone is 1. The van der Waals surface area contributed by atoms with Crippen LogP contribution < -0.4 is 20.8 Å². The predicted octanol–water partition coefficient (Wildman–Crippen LogP) is 3.54. The normalized spacial score (nSPS) is 18.5. The molecule has 0 saturated carbocycles. The third kappa shape index (κ3) is 6.68.